The van der Waals surface area contributed by atoms with Crippen LogP contribution >= 0.6 is 0 Å². The van der Waals surface area contributed by atoms with Crippen molar-refractivity contribution >= 4 is 55.8 Å². The molecule has 0 unspecified atom stereocenters. The molecule has 10 heterocycles. The summed E-state index contributed by atoms with van der Waals surface area (Å²) in [5.74, 6) is 0. The SMILES string of the molecule is Cc1c[nH]c2nccnc12.Cc1cc2nccnc2[nH]1.Cc1cnc2[nH]ccc2n1.Cc1cnc2cc[nH]c2n1.Cn1ccc2nccnc21. The van der Waals surface area contributed by atoms with E-state index in [4.69, 9.17) is 0 Å². The van der Waals surface area contributed by atoms with Gasteiger partial charge in [0.25, 0.3) is 0 Å². The summed E-state index contributed by atoms with van der Waals surface area (Å²) in [7, 11) is 1.96. The van der Waals surface area contributed by atoms with Crippen molar-refractivity contribution in [2.45, 2.75) is 27.7 Å². The van der Waals surface area contributed by atoms with E-state index >= 15 is 0 Å². The highest BCUT2D eigenvalue weighted by atomic mass is 15.0. The Balaban J connectivity index is 0.000000108. The van der Waals surface area contributed by atoms with Crippen molar-refractivity contribution in [3.05, 3.63) is 121 Å². The lowest BCUT2D eigenvalue weighted by molar-refractivity contribution is 0.946. The summed E-state index contributed by atoms with van der Waals surface area (Å²) in [6, 6.07) is 7.74. The zero-order valence-electron chi connectivity index (χ0n) is 28.2. The summed E-state index contributed by atoms with van der Waals surface area (Å²) in [5, 5.41) is 0. The standard InChI is InChI=1S/5C7H7N3/c1-10-5-2-6-7(10)9-4-3-8-6;1-5-4-10-7-6(5)8-2-3-9-7;1-5-4-6-7(10-5)9-3-2-8-6;1-5-4-9-7-6(10-5)2-3-8-7;1-5-4-9-6-2-3-8-7(6)10-5/h2-5H,1H3;2*2-4H,1H3,(H,9,10);2-4H,1H3,(H,8,9);2-4H,1H3,(H,8,10). The molecule has 0 aliphatic carbocycles. The molecule has 0 saturated carbocycles. The van der Waals surface area contributed by atoms with Crippen LogP contribution in [0.1, 0.15) is 22.6 Å². The minimum Gasteiger partial charge on any atom is -0.345 e. The number of hydrogen-bond acceptors (Lipinski definition) is 10. The van der Waals surface area contributed by atoms with Gasteiger partial charge < -0.3 is 24.5 Å². The molecule has 0 aliphatic heterocycles. The van der Waals surface area contributed by atoms with Gasteiger partial charge in [0.2, 0.25) is 0 Å². The van der Waals surface area contributed by atoms with E-state index in [1.807, 2.05) is 88.4 Å². The topological polar surface area (TPSA) is 197 Å². The number of H-pyrrole nitrogens is 4. The van der Waals surface area contributed by atoms with Crippen molar-refractivity contribution in [1.29, 1.82) is 0 Å². The van der Waals surface area contributed by atoms with Crippen LogP contribution < -0.4 is 0 Å². The van der Waals surface area contributed by atoms with Crippen LogP contribution in [0.15, 0.2) is 98.6 Å². The summed E-state index contributed by atoms with van der Waals surface area (Å²) in [6.07, 6.45) is 21.2. The molecule has 0 aromatic carbocycles. The highest BCUT2D eigenvalue weighted by Crippen LogP contribution is 2.10. The number of aromatic nitrogens is 15. The molecule has 0 bridgehead atoms. The number of rotatable bonds is 0. The van der Waals surface area contributed by atoms with Crippen LogP contribution in [0, 0.1) is 27.7 Å². The van der Waals surface area contributed by atoms with Crippen molar-refractivity contribution < 1.29 is 0 Å². The van der Waals surface area contributed by atoms with Gasteiger partial charge >= 0.3 is 0 Å². The van der Waals surface area contributed by atoms with E-state index in [9.17, 15) is 0 Å². The molecule has 10 aromatic heterocycles. The van der Waals surface area contributed by atoms with Gasteiger partial charge in [-0.05, 0) is 57.5 Å². The van der Waals surface area contributed by atoms with Crippen molar-refractivity contribution in [1.82, 2.24) is 74.3 Å². The Labute approximate surface area is 285 Å². The van der Waals surface area contributed by atoms with E-state index in [0.717, 1.165) is 78.5 Å². The van der Waals surface area contributed by atoms with Crippen LogP contribution in [0.25, 0.3) is 55.8 Å². The number of aryl methyl sites for hydroxylation is 5. The summed E-state index contributed by atoms with van der Waals surface area (Å²) < 4.78 is 1.95. The fraction of sp³-hybridized carbons (Fsp3) is 0.143. The zero-order chi connectivity index (χ0) is 34.9. The normalized spacial score (nSPS) is 10.5. The minimum absolute atomic E-state index is 0.852. The molecule has 4 N–H and O–H groups in total. The predicted molar refractivity (Wildman–Crippen MR) is 193 cm³/mol. The van der Waals surface area contributed by atoms with Crippen LogP contribution in [-0.4, -0.2) is 74.3 Å². The lowest BCUT2D eigenvalue weighted by Crippen LogP contribution is -1.87. The quantitative estimate of drug-likeness (QED) is 0.148. The molecule has 250 valence electrons. The average Bonchev–Trinajstić information content (AvgIpc) is 3.98. The third-order valence-corrected chi connectivity index (χ3v) is 7.15. The molecule has 10 rings (SSSR count). The highest BCUT2D eigenvalue weighted by Gasteiger charge is 1.99. The summed E-state index contributed by atoms with van der Waals surface area (Å²) in [5.41, 5.74) is 13.2. The highest BCUT2D eigenvalue weighted by molar-refractivity contribution is 5.74. The number of nitrogens with zero attached hydrogens (tertiary/aromatic N) is 11. The first-order valence-corrected chi connectivity index (χ1v) is 15.6. The Kier molecular flexibility index (Phi) is 10.1. The van der Waals surface area contributed by atoms with Gasteiger partial charge in [0.1, 0.15) is 27.6 Å². The number of aromatic amines is 4. The lowest BCUT2D eigenvalue weighted by atomic mass is 10.3. The van der Waals surface area contributed by atoms with Gasteiger partial charge in [-0.2, -0.15) is 0 Å². The van der Waals surface area contributed by atoms with E-state index < -0.39 is 0 Å². The molecule has 15 heteroatoms. The molecule has 0 aliphatic rings. The van der Waals surface area contributed by atoms with Crippen LogP contribution in [0.3, 0.4) is 0 Å². The molecule has 0 radical (unpaired) electrons. The maximum Gasteiger partial charge on any atom is 0.158 e. The van der Waals surface area contributed by atoms with Crippen molar-refractivity contribution in [2.24, 2.45) is 7.05 Å². The van der Waals surface area contributed by atoms with Crippen LogP contribution in [0.2, 0.25) is 0 Å². The van der Waals surface area contributed by atoms with Gasteiger partial charge in [0, 0.05) is 80.9 Å². The van der Waals surface area contributed by atoms with E-state index in [1.54, 1.807) is 49.6 Å². The second-order valence-electron chi connectivity index (χ2n) is 11.1. The van der Waals surface area contributed by atoms with Crippen molar-refractivity contribution in [2.75, 3.05) is 0 Å². The first kappa shape index (κ1) is 33.0. The van der Waals surface area contributed by atoms with E-state index in [2.05, 4.69) is 69.8 Å². The fourth-order valence-electron chi connectivity index (χ4n) is 4.78. The molecule has 0 atom stereocenters. The fourth-order valence-corrected chi connectivity index (χ4v) is 4.78. The predicted octanol–water partition coefficient (Wildman–Crippen LogP) is 6.03. The van der Waals surface area contributed by atoms with E-state index in [0.29, 0.717) is 0 Å². The molecule has 0 fully saturated rings. The van der Waals surface area contributed by atoms with Gasteiger partial charge in [0.15, 0.2) is 28.2 Å². The Morgan fingerprint density at radius 1 is 0.540 bits per heavy atom. The molecule has 10 aromatic rings. The van der Waals surface area contributed by atoms with Gasteiger partial charge in [-0.1, -0.05) is 0 Å². The molecule has 0 spiro atoms. The maximum absolute atomic E-state index is 4.24. The van der Waals surface area contributed by atoms with Crippen molar-refractivity contribution in [3.63, 3.8) is 0 Å². The molecule has 15 nitrogen and oxygen atoms in total. The van der Waals surface area contributed by atoms with Gasteiger partial charge in [-0.3, -0.25) is 19.9 Å². The maximum atomic E-state index is 4.24. The minimum atomic E-state index is 0.852. The second kappa shape index (κ2) is 15.3. The Morgan fingerprint density at radius 3 is 1.98 bits per heavy atom. The Bertz CT molecular complexity index is 2400. The molecular formula is C35H35N15. The van der Waals surface area contributed by atoms with Gasteiger partial charge in [-0.15, -0.1) is 0 Å². The van der Waals surface area contributed by atoms with Crippen LogP contribution in [0.4, 0.5) is 0 Å². The molecule has 50 heavy (non-hydrogen) atoms. The van der Waals surface area contributed by atoms with Crippen LogP contribution in [-0.2, 0) is 7.05 Å². The summed E-state index contributed by atoms with van der Waals surface area (Å²) in [6.45, 7) is 7.85. The average molecular weight is 666 g/mol. The lowest BCUT2D eigenvalue weighted by Gasteiger charge is -1.90. The first-order chi connectivity index (χ1) is 24.3. The summed E-state index contributed by atoms with van der Waals surface area (Å²) in [4.78, 5) is 53.5. The number of nitrogens with one attached hydrogen (secondary N) is 4. The summed E-state index contributed by atoms with van der Waals surface area (Å²) >= 11 is 0. The Hall–Kier alpha value is -6.90. The smallest absolute Gasteiger partial charge is 0.158 e. The van der Waals surface area contributed by atoms with Crippen molar-refractivity contribution in [3.8, 4) is 0 Å². The van der Waals surface area contributed by atoms with Gasteiger partial charge in [0.05, 0.1) is 17.6 Å². The third kappa shape index (κ3) is 8.14. The number of fused-ring (bicyclic) bond motifs is 5. The molecule has 0 amide bonds. The number of hydrogen-bond donors (Lipinski definition) is 4. The van der Waals surface area contributed by atoms with Crippen LogP contribution in [0.5, 0.6) is 0 Å². The van der Waals surface area contributed by atoms with Gasteiger partial charge in [-0.25, -0.2) is 29.9 Å². The molecule has 0 saturated heterocycles. The monoisotopic (exact) mass is 665 g/mol. The Morgan fingerprint density at radius 2 is 1.20 bits per heavy atom. The second-order valence-corrected chi connectivity index (χ2v) is 11.1. The van der Waals surface area contributed by atoms with E-state index in [1.165, 1.54) is 0 Å². The zero-order valence-corrected chi connectivity index (χ0v) is 28.2. The van der Waals surface area contributed by atoms with E-state index in [-0.39, 0.29) is 0 Å². The molecular weight excluding hydrogens is 630 g/mol. The third-order valence-electron chi connectivity index (χ3n) is 7.15. The first-order valence-electron chi connectivity index (χ1n) is 15.6. The largest absolute Gasteiger partial charge is 0.345 e.